The maximum absolute atomic E-state index is 11.2. The lowest BCUT2D eigenvalue weighted by molar-refractivity contribution is -0.131. The van der Waals surface area contributed by atoms with Gasteiger partial charge >= 0.3 is 5.97 Å². The number of hydrogen-bond acceptors (Lipinski definition) is 4. The predicted molar refractivity (Wildman–Crippen MR) is 82.2 cm³/mol. The predicted octanol–water partition coefficient (Wildman–Crippen LogP) is 2.74. The molecule has 1 saturated heterocycles. The van der Waals surface area contributed by atoms with Crippen LogP contribution < -0.4 is 9.64 Å². The highest BCUT2D eigenvalue weighted by Crippen LogP contribution is 2.54. The molecular formula is C15H19BrN2O2. The van der Waals surface area contributed by atoms with E-state index in [-0.39, 0.29) is 11.4 Å². The van der Waals surface area contributed by atoms with E-state index in [0.29, 0.717) is 11.9 Å². The Morgan fingerprint density at radius 3 is 2.80 bits per heavy atom. The molecule has 0 saturated carbocycles. The number of ether oxygens (including phenoxy) is 1. The second kappa shape index (κ2) is 4.46. The molecule has 1 aromatic rings. The zero-order valence-electron chi connectivity index (χ0n) is 12.2. The van der Waals surface area contributed by atoms with E-state index in [1.54, 1.807) is 0 Å². The summed E-state index contributed by atoms with van der Waals surface area (Å²) in [5, 5.41) is 0. The number of likely N-dealkylation sites (N-methyl/N-ethyl adjacent to an activating group) is 2. The lowest BCUT2D eigenvalue weighted by Gasteiger charge is -2.32. The minimum atomic E-state index is -0.284. The molecule has 0 spiro atoms. The fourth-order valence-corrected chi connectivity index (χ4v) is 4.58. The van der Waals surface area contributed by atoms with E-state index >= 15 is 0 Å². The number of rotatable bonds is 1. The molecule has 108 valence electrons. The number of carbonyl (C=O) groups is 1. The largest absolute Gasteiger partial charge is 0.427 e. The Kier molecular flexibility index (Phi) is 3.10. The maximum Gasteiger partial charge on any atom is 0.308 e. The summed E-state index contributed by atoms with van der Waals surface area (Å²) in [6.07, 6.45) is 1.47. The molecule has 0 aromatic heterocycles. The highest BCUT2D eigenvalue weighted by molar-refractivity contribution is 9.10. The van der Waals surface area contributed by atoms with E-state index in [1.807, 2.05) is 12.1 Å². The van der Waals surface area contributed by atoms with Crippen LogP contribution in [-0.4, -0.2) is 37.7 Å². The van der Waals surface area contributed by atoms with Gasteiger partial charge in [0.25, 0.3) is 0 Å². The van der Waals surface area contributed by atoms with Crippen molar-refractivity contribution in [2.24, 2.45) is 0 Å². The summed E-state index contributed by atoms with van der Waals surface area (Å²) in [6.45, 7) is 4.81. The zero-order valence-corrected chi connectivity index (χ0v) is 13.8. The Morgan fingerprint density at radius 2 is 2.15 bits per heavy atom. The average Bonchev–Trinajstić information content (AvgIpc) is 2.74. The van der Waals surface area contributed by atoms with Gasteiger partial charge in [0, 0.05) is 30.4 Å². The van der Waals surface area contributed by atoms with Crippen LogP contribution in [0.15, 0.2) is 16.6 Å². The minimum absolute atomic E-state index is 0.0809. The third kappa shape index (κ3) is 1.79. The van der Waals surface area contributed by atoms with Gasteiger partial charge in [-0.15, -0.1) is 0 Å². The summed E-state index contributed by atoms with van der Waals surface area (Å²) >= 11 is 3.63. The fourth-order valence-electron chi connectivity index (χ4n) is 3.86. The van der Waals surface area contributed by atoms with Crippen LogP contribution in [0.25, 0.3) is 0 Å². The van der Waals surface area contributed by atoms with Crippen molar-refractivity contribution in [2.75, 3.05) is 25.5 Å². The van der Waals surface area contributed by atoms with Crippen molar-refractivity contribution >= 4 is 27.6 Å². The summed E-state index contributed by atoms with van der Waals surface area (Å²) in [4.78, 5) is 15.9. The molecule has 0 bridgehead atoms. The molecule has 1 aromatic carbocycles. The van der Waals surface area contributed by atoms with Crippen molar-refractivity contribution in [1.29, 1.82) is 0 Å². The molecule has 0 N–H and O–H groups in total. The molecule has 2 atom stereocenters. The second-order valence-electron chi connectivity index (χ2n) is 6.03. The first-order valence-corrected chi connectivity index (χ1v) is 7.59. The lowest BCUT2D eigenvalue weighted by atomic mass is 9.81. The van der Waals surface area contributed by atoms with Crippen LogP contribution in [-0.2, 0) is 10.2 Å². The fraction of sp³-hybridized carbons (Fsp3) is 0.533. The van der Waals surface area contributed by atoms with Gasteiger partial charge in [-0.3, -0.25) is 9.69 Å². The Labute approximate surface area is 127 Å². The van der Waals surface area contributed by atoms with Crippen molar-refractivity contribution in [3.8, 4) is 5.75 Å². The molecule has 0 aliphatic carbocycles. The molecule has 1 unspecified atom stereocenters. The molecular weight excluding hydrogens is 320 g/mol. The molecule has 2 heterocycles. The van der Waals surface area contributed by atoms with Gasteiger partial charge in [0.1, 0.15) is 5.75 Å². The van der Waals surface area contributed by atoms with E-state index in [2.05, 4.69) is 46.7 Å². The van der Waals surface area contributed by atoms with Crippen LogP contribution in [0, 0.1) is 0 Å². The van der Waals surface area contributed by atoms with Crippen LogP contribution in [0.4, 0.5) is 5.69 Å². The Bertz CT molecular complexity index is 589. The standard InChI is InChI=1S/C15H19BrN2O2/c1-9(19)20-10-7-11-13(12(16)8-10)18(4)14-15(11,2)5-6-17(14)3/h7-8,14H,5-6H2,1-4H3/t14?,15-/m0/s1. The van der Waals surface area contributed by atoms with Crippen LogP contribution in [0.5, 0.6) is 5.75 Å². The van der Waals surface area contributed by atoms with Crippen molar-refractivity contribution in [3.63, 3.8) is 0 Å². The topological polar surface area (TPSA) is 32.8 Å². The number of halogens is 1. The second-order valence-corrected chi connectivity index (χ2v) is 6.88. The normalized spacial score (nSPS) is 28.4. The van der Waals surface area contributed by atoms with E-state index in [4.69, 9.17) is 4.74 Å². The summed E-state index contributed by atoms with van der Waals surface area (Å²) in [6, 6.07) is 3.90. The molecule has 0 amide bonds. The summed E-state index contributed by atoms with van der Waals surface area (Å²) < 4.78 is 6.26. The molecule has 2 aliphatic rings. The third-order valence-corrected chi connectivity index (χ3v) is 5.21. The molecule has 0 radical (unpaired) electrons. The van der Waals surface area contributed by atoms with Gasteiger partial charge in [-0.2, -0.15) is 0 Å². The van der Waals surface area contributed by atoms with Gasteiger partial charge in [-0.1, -0.05) is 6.92 Å². The monoisotopic (exact) mass is 338 g/mol. The number of nitrogens with zero attached hydrogens (tertiary/aromatic N) is 2. The summed E-state index contributed by atoms with van der Waals surface area (Å²) in [7, 11) is 4.30. The van der Waals surface area contributed by atoms with Crippen LogP contribution in [0.3, 0.4) is 0 Å². The quantitative estimate of drug-likeness (QED) is 0.582. The molecule has 2 aliphatic heterocycles. The molecule has 5 heteroatoms. The molecule has 20 heavy (non-hydrogen) atoms. The van der Waals surface area contributed by atoms with Crippen LogP contribution in [0.1, 0.15) is 25.8 Å². The first-order valence-electron chi connectivity index (χ1n) is 6.80. The van der Waals surface area contributed by atoms with Crippen molar-refractivity contribution in [1.82, 2.24) is 4.90 Å². The lowest BCUT2D eigenvalue weighted by Crippen LogP contribution is -2.45. The number of anilines is 1. The number of fused-ring (bicyclic) bond motifs is 3. The van der Waals surface area contributed by atoms with Crippen molar-refractivity contribution < 1.29 is 9.53 Å². The first kappa shape index (κ1) is 13.9. The molecule has 1 fully saturated rings. The Hall–Kier alpha value is -1.07. The van der Waals surface area contributed by atoms with Crippen LogP contribution in [0.2, 0.25) is 0 Å². The third-order valence-electron chi connectivity index (χ3n) is 4.60. The number of hydrogen-bond donors (Lipinski definition) is 0. The van der Waals surface area contributed by atoms with Gasteiger partial charge in [0.2, 0.25) is 0 Å². The van der Waals surface area contributed by atoms with E-state index < -0.39 is 0 Å². The van der Waals surface area contributed by atoms with E-state index in [0.717, 1.165) is 17.4 Å². The van der Waals surface area contributed by atoms with Crippen molar-refractivity contribution in [2.45, 2.75) is 31.8 Å². The maximum atomic E-state index is 11.2. The van der Waals surface area contributed by atoms with Crippen LogP contribution >= 0.6 is 15.9 Å². The first-order chi connectivity index (χ1) is 9.34. The van der Waals surface area contributed by atoms with Gasteiger partial charge < -0.3 is 9.64 Å². The highest BCUT2D eigenvalue weighted by Gasteiger charge is 2.52. The number of benzene rings is 1. The summed E-state index contributed by atoms with van der Waals surface area (Å²) in [5.74, 6) is 0.335. The molecule has 4 nitrogen and oxygen atoms in total. The Morgan fingerprint density at radius 1 is 1.45 bits per heavy atom. The van der Waals surface area contributed by atoms with Gasteiger partial charge in [-0.25, -0.2) is 0 Å². The van der Waals surface area contributed by atoms with E-state index in [9.17, 15) is 4.79 Å². The van der Waals surface area contributed by atoms with E-state index in [1.165, 1.54) is 18.2 Å². The van der Waals surface area contributed by atoms with Crippen molar-refractivity contribution in [3.05, 3.63) is 22.2 Å². The number of likely N-dealkylation sites (tertiary alicyclic amines) is 1. The van der Waals surface area contributed by atoms with Gasteiger partial charge in [0.05, 0.1) is 11.9 Å². The smallest absolute Gasteiger partial charge is 0.308 e. The Balaban J connectivity index is 2.14. The summed E-state index contributed by atoms with van der Waals surface area (Å²) in [5.41, 5.74) is 2.55. The highest BCUT2D eigenvalue weighted by atomic mass is 79.9. The SMILES string of the molecule is CC(=O)Oc1cc(Br)c2c(c1)[C@]1(C)CCN(C)C1N2C. The minimum Gasteiger partial charge on any atom is -0.427 e. The zero-order chi connectivity index (χ0) is 14.7. The molecule has 3 rings (SSSR count). The van der Waals surface area contributed by atoms with Gasteiger partial charge in [0.15, 0.2) is 0 Å². The average molecular weight is 339 g/mol. The number of carbonyl (C=O) groups excluding carboxylic acids is 1. The number of esters is 1. The van der Waals surface area contributed by atoms with Gasteiger partial charge in [-0.05, 0) is 47.1 Å².